The normalized spacial score (nSPS) is 13.2. The fraction of sp³-hybridized carbons (Fsp3) is 0.250. The molecule has 158 valence electrons. The molecule has 3 rings (SSSR count). The van der Waals surface area contributed by atoms with E-state index in [0.717, 1.165) is 19.1 Å². The van der Waals surface area contributed by atoms with Gasteiger partial charge in [0.25, 0.3) is 11.8 Å². The summed E-state index contributed by atoms with van der Waals surface area (Å²) in [6.07, 6.45) is 2.83. The highest BCUT2D eigenvalue weighted by atomic mass is 32.2. The predicted molar refractivity (Wildman–Crippen MR) is 111 cm³/mol. The molecule has 30 heavy (non-hydrogen) atoms. The summed E-state index contributed by atoms with van der Waals surface area (Å²) in [5, 5.41) is 5.40. The van der Waals surface area contributed by atoms with Gasteiger partial charge in [-0.2, -0.15) is 0 Å². The van der Waals surface area contributed by atoms with Gasteiger partial charge < -0.3 is 15.4 Å². The van der Waals surface area contributed by atoms with Gasteiger partial charge in [0.05, 0.1) is 28.8 Å². The third-order valence-corrected chi connectivity index (χ3v) is 4.73. The van der Waals surface area contributed by atoms with E-state index in [2.05, 4.69) is 15.4 Å². The van der Waals surface area contributed by atoms with E-state index >= 15 is 0 Å². The molecule has 1 aliphatic rings. The van der Waals surface area contributed by atoms with Crippen molar-refractivity contribution in [2.45, 2.75) is 18.9 Å². The number of carbonyl (C=O) groups excluding carboxylic acids is 3. The highest BCUT2D eigenvalue weighted by Crippen LogP contribution is 2.22. The Labute approximate surface area is 173 Å². The molecule has 10 heteroatoms. The smallest absolute Gasteiger partial charge is 0.340 e. The number of sulfonamides is 1. The van der Waals surface area contributed by atoms with Crippen molar-refractivity contribution in [1.29, 1.82) is 0 Å². The average molecular weight is 431 g/mol. The fourth-order valence-electron chi connectivity index (χ4n) is 2.63. The summed E-state index contributed by atoms with van der Waals surface area (Å²) in [4.78, 5) is 36.8. The maximum Gasteiger partial charge on any atom is 0.340 e. The van der Waals surface area contributed by atoms with Crippen LogP contribution in [0.5, 0.6) is 0 Å². The molecule has 0 heterocycles. The van der Waals surface area contributed by atoms with Crippen molar-refractivity contribution >= 4 is 39.2 Å². The molecule has 0 radical (unpaired) electrons. The van der Waals surface area contributed by atoms with Crippen LogP contribution < -0.4 is 15.4 Å². The number of amides is 2. The van der Waals surface area contributed by atoms with E-state index in [0.29, 0.717) is 11.3 Å². The van der Waals surface area contributed by atoms with Gasteiger partial charge in [-0.25, -0.2) is 13.2 Å². The summed E-state index contributed by atoms with van der Waals surface area (Å²) in [5.74, 6) is -1.79. The Hall–Kier alpha value is -3.40. The van der Waals surface area contributed by atoms with Crippen molar-refractivity contribution in [3.05, 3.63) is 59.7 Å². The van der Waals surface area contributed by atoms with Gasteiger partial charge in [0.1, 0.15) is 0 Å². The Morgan fingerprint density at radius 3 is 2.20 bits per heavy atom. The highest BCUT2D eigenvalue weighted by Gasteiger charge is 2.25. The van der Waals surface area contributed by atoms with E-state index in [1.807, 2.05) is 0 Å². The topological polar surface area (TPSA) is 131 Å². The zero-order chi connectivity index (χ0) is 21.7. The Morgan fingerprint density at radius 1 is 0.967 bits per heavy atom. The third-order valence-electron chi connectivity index (χ3n) is 4.14. The number of carbonyl (C=O) groups is 3. The van der Waals surface area contributed by atoms with Gasteiger partial charge in [0, 0.05) is 6.04 Å². The zero-order valence-corrected chi connectivity index (χ0v) is 17.0. The van der Waals surface area contributed by atoms with Crippen LogP contribution in [0, 0.1) is 0 Å². The molecule has 2 amide bonds. The molecule has 0 atom stereocenters. The first-order valence-electron chi connectivity index (χ1n) is 9.16. The van der Waals surface area contributed by atoms with Gasteiger partial charge in [-0.1, -0.05) is 24.3 Å². The molecule has 0 spiro atoms. The number of anilines is 2. The van der Waals surface area contributed by atoms with Crippen LogP contribution in [0.1, 0.15) is 33.6 Å². The lowest BCUT2D eigenvalue weighted by atomic mass is 10.1. The number of ether oxygens (including phenoxy) is 1. The Morgan fingerprint density at radius 2 is 1.57 bits per heavy atom. The van der Waals surface area contributed by atoms with E-state index in [4.69, 9.17) is 4.74 Å². The Balaban J connectivity index is 1.62. The maximum atomic E-state index is 12.3. The van der Waals surface area contributed by atoms with Gasteiger partial charge in [0.2, 0.25) is 10.0 Å². The van der Waals surface area contributed by atoms with E-state index < -0.39 is 28.5 Å². The van der Waals surface area contributed by atoms with E-state index in [-0.39, 0.29) is 23.2 Å². The summed E-state index contributed by atoms with van der Waals surface area (Å²) >= 11 is 0. The molecule has 0 aliphatic heterocycles. The van der Waals surface area contributed by atoms with Gasteiger partial charge in [-0.15, -0.1) is 0 Å². The molecular weight excluding hydrogens is 410 g/mol. The lowest BCUT2D eigenvalue weighted by molar-refractivity contribution is -0.119. The second-order valence-electron chi connectivity index (χ2n) is 6.84. The van der Waals surface area contributed by atoms with Crippen molar-refractivity contribution in [1.82, 2.24) is 5.32 Å². The first kappa shape index (κ1) is 21.3. The molecule has 1 aliphatic carbocycles. The van der Waals surface area contributed by atoms with E-state index in [9.17, 15) is 22.8 Å². The first-order chi connectivity index (χ1) is 14.2. The second-order valence-corrected chi connectivity index (χ2v) is 8.59. The highest BCUT2D eigenvalue weighted by molar-refractivity contribution is 7.92. The SMILES string of the molecule is CS(=O)(=O)Nc1ccccc1C(=O)OCC(=O)Nc1ccccc1C(=O)NC1CC1. The van der Waals surface area contributed by atoms with Crippen molar-refractivity contribution in [2.24, 2.45) is 0 Å². The quantitative estimate of drug-likeness (QED) is 0.546. The number of benzene rings is 2. The lowest BCUT2D eigenvalue weighted by Crippen LogP contribution is -2.28. The van der Waals surface area contributed by atoms with Gasteiger partial charge in [0.15, 0.2) is 6.61 Å². The third kappa shape index (κ3) is 6.05. The number of hydrogen-bond acceptors (Lipinski definition) is 6. The zero-order valence-electron chi connectivity index (χ0n) is 16.2. The molecule has 2 aromatic carbocycles. The van der Waals surface area contributed by atoms with Crippen LogP contribution in [0.25, 0.3) is 0 Å². The van der Waals surface area contributed by atoms with Crippen molar-refractivity contribution < 1.29 is 27.5 Å². The van der Waals surface area contributed by atoms with E-state index in [1.54, 1.807) is 36.4 Å². The Bertz CT molecular complexity index is 1080. The minimum atomic E-state index is -3.60. The molecule has 2 aromatic rings. The predicted octanol–water partition coefficient (Wildman–Crippen LogP) is 1.75. The summed E-state index contributed by atoms with van der Waals surface area (Å²) in [6.45, 7) is -0.607. The van der Waals surface area contributed by atoms with Crippen LogP contribution in [-0.4, -0.2) is 45.1 Å². The Kier molecular flexibility index (Phi) is 6.36. The lowest BCUT2D eigenvalue weighted by Gasteiger charge is -2.12. The largest absolute Gasteiger partial charge is 0.452 e. The molecule has 0 bridgehead atoms. The number of rotatable bonds is 8. The number of nitrogens with one attached hydrogen (secondary N) is 3. The van der Waals surface area contributed by atoms with Crippen LogP contribution in [0.4, 0.5) is 11.4 Å². The van der Waals surface area contributed by atoms with Crippen LogP contribution in [0.2, 0.25) is 0 Å². The fourth-order valence-corrected chi connectivity index (χ4v) is 3.20. The summed E-state index contributed by atoms with van der Waals surface area (Å²) in [6, 6.07) is 12.6. The average Bonchev–Trinajstić information content (AvgIpc) is 3.49. The summed E-state index contributed by atoms with van der Waals surface area (Å²) in [5.41, 5.74) is 0.634. The molecular formula is C20H21N3O6S. The maximum absolute atomic E-state index is 12.3. The van der Waals surface area contributed by atoms with Crippen molar-refractivity contribution in [3.8, 4) is 0 Å². The monoisotopic (exact) mass is 431 g/mol. The van der Waals surface area contributed by atoms with Crippen LogP contribution in [0.3, 0.4) is 0 Å². The molecule has 0 aromatic heterocycles. The van der Waals surface area contributed by atoms with Crippen LogP contribution in [0.15, 0.2) is 48.5 Å². The molecule has 1 saturated carbocycles. The minimum absolute atomic E-state index is 0.0278. The first-order valence-corrected chi connectivity index (χ1v) is 11.1. The van der Waals surface area contributed by atoms with Gasteiger partial charge >= 0.3 is 5.97 Å². The van der Waals surface area contributed by atoms with Crippen molar-refractivity contribution in [3.63, 3.8) is 0 Å². The summed E-state index contributed by atoms with van der Waals surface area (Å²) in [7, 11) is -3.60. The van der Waals surface area contributed by atoms with Gasteiger partial charge in [-0.05, 0) is 37.1 Å². The van der Waals surface area contributed by atoms with Gasteiger partial charge in [-0.3, -0.25) is 14.3 Å². The minimum Gasteiger partial charge on any atom is -0.452 e. The van der Waals surface area contributed by atoms with E-state index in [1.165, 1.54) is 12.1 Å². The van der Waals surface area contributed by atoms with Crippen molar-refractivity contribution in [2.75, 3.05) is 22.9 Å². The molecule has 0 unspecified atom stereocenters. The molecule has 3 N–H and O–H groups in total. The summed E-state index contributed by atoms with van der Waals surface area (Å²) < 4.78 is 30.1. The van der Waals surface area contributed by atoms with Crippen LogP contribution >= 0.6 is 0 Å². The molecule has 0 saturated heterocycles. The number of hydrogen-bond donors (Lipinski definition) is 3. The molecule has 1 fully saturated rings. The molecule has 9 nitrogen and oxygen atoms in total. The number of esters is 1. The standard InChI is InChI=1S/C20H21N3O6S/c1-30(27,28)23-17-9-5-3-7-15(17)20(26)29-12-18(24)22-16-8-4-2-6-14(16)19(25)21-13-10-11-13/h2-9,13,23H,10-12H2,1H3,(H,21,25)(H,22,24). The second kappa shape index (κ2) is 8.95. The van der Waals surface area contributed by atoms with Crippen LogP contribution in [-0.2, 0) is 19.6 Å². The number of para-hydroxylation sites is 2.